The van der Waals surface area contributed by atoms with Crippen LogP contribution in [0.3, 0.4) is 0 Å². The van der Waals surface area contributed by atoms with E-state index in [0.717, 1.165) is 13.1 Å². The summed E-state index contributed by atoms with van der Waals surface area (Å²) in [7, 11) is 1.54. The maximum Gasteiger partial charge on any atom is 0.252 e. The van der Waals surface area contributed by atoms with Crippen molar-refractivity contribution in [2.24, 2.45) is 5.92 Å². The van der Waals surface area contributed by atoms with Crippen molar-refractivity contribution in [1.82, 2.24) is 10.6 Å². The van der Waals surface area contributed by atoms with Gasteiger partial charge in [0.15, 0.2) is 0 Å². The van der Waals surface area contributed by atoms with Gasteiger partial charge in [-0.05, 0) is 37.2 Å². The van der Waals surface area contributed by atoms with Crippen molar-refractivity contribution >= 4 is 29.1 Å². The molecule has 0 aliphatic carbocycles. The van der Waals surface area contributed by atoms with E-state index in [1.54, 1.807) is 18.2 Å². The van der Waals surface area contributed by atoms with E-state index < -0.39 is 0 Å². The lowest BCUT2D eigenvalue weighted by molar-refractivity contribution is -0.117. The van der Waals surface area contributed by atoms with Crippen molar-refractivity contribution in [1.29, 1.82) is 0 Å². The predicted octanol–water partition coefficient (Wildman–Crippen LogP) is 1.25. The molecule has 1 aliphatic rings. The fraction of sp³-hybridized carbons (Fsp3) is 0.385. The minimum atomic E-state index is -0.274. The van der Waals surface area contributed by atoms with Gasteiger partial charge in [-0.3, -0.25) is 9.59 Å². The first kappa shape index (κ1) is 13.8. The maximum atomic E-state index is 11.8. The van der Waals surface area contributed by atoms with Crippen LogP contribution in [0.5, 0.6) is 0 Å². The van der Waals surface area contributed by atoms with E-state index >= 15 is 0 Å². The Morgan fingerprint density at radius 3 is 2.74 bits per heavy atom. The molecule has 1 aromatic carbocycles. The van der Waals surface area contributed by atoms with E-state index in [1.807, 2.05) is 0 Å². The molecule has 0 unspecified atom stereocenters. The van der Waals surface area contributed by atoms with Gasteiger partial charge in [0.2, 0.25) is 5.91 Å². The average Bonchev–Trinajstić information content (AvgIpc) is 2.35. The highest BCUT2D eigenvalue weighted by molar-refractivity contribution is 6.34. The third-order valence-electron chi connectivity index (χ3n) is 3.06. The van der Waals surface area contributed by atoms with Crippen LogP contribution in [-0.4, -0.2) is 32.0 Å². The van der Waals surface area contributed by atoms with Crippen LogP contribution in [0.25, 0.3) is 0 Å². The highest BCUT2D eigenvalue weighted by Crippen LogP contribution is 2.21. The molecule has 0 atom stereocenters. The summed E-state index contributed by atoms with van der Waals surface area (Å²) in [6, 6.07) is 4.87. The Balaban J connectivity index is 2.03. The van der Waals surface area contributed by atoms with Crippen LogP contribution in [0.4, 0.5) is 5.69 Å². The molecule has 1 fully saturated rings. The first-order valence-corrected chi connectivity index (χ1v) is 6.50. The molecule has 2 amide bonds. The van der Waals surface area contributed by atoms with Crippen molar-refractivity contribution in [2.45, 2.75) is 6.42 Å². The molecule has 1 heterocycles. The zero-order chi connectivity index (χ0) is 13.8. The summed E-state index contributed by atoms with van der Waals surface area (Å²) in [4.78, 5) is 23.4. The average molecular weight is 282 g/mol. The van der Waals surface area contributed by atoms with Crippen LogP contribution in [0.15, 0.2) is 18.2 Å². The number of carbonyl (C=O) groups is 2. The summed E-state index contributed by atoms with van der Waals surface area (Å²) in [5.41, 5.74) is 0.938. The number of carbonyl (C=O) groups excluding carboxylic acids is 2. The molecule has 0 saturated carbocycles. The van der Waals surface area contributed by atoms with Gasteiger partial charge < -0.3 is 16.0 Å². The number of nitrogens with one attached hydrogen (secondary N) is 3. The van der Waals surface area contributed by atoms with Crippen molar-refractivity contribution in [2.75, 3.05) is 25.5 Å². The van der Waals surface area contributed by atoms with E-state index in [2.05, 4.69) is 16.0 Å². The summed E-state index contributed by atoms with van der Waals surface area (Å²) < 4.78 is 0. The molecular formula is C13H16ClN3O2. The number of anilines is 1. The monoisotopic (exact) mass is 281 g/mol. The highest BCUT2D eigenvalue weighted by atomic mass is 35.5. The summed E-state index contributed by atoms with van der Waals surface area (Å²) in [6.45, 7) is 1.77. The van der Waals surface area contributed by atoms with Crippen molar-refractivity contribution < 1.29 is 9.59 Å². The van der Waals surface area contributed by atoms with E-state index in [1.165, 1.54) is 7.05 Å². The Bertz CT molecular complexity index is 501. The Kier molecular flexibility index (Phi) is 4.39. The second-order valence-corrected chi connectivity index (χ2v) is 4.96. The minimum Gasteiger partial charge on any atom is -0.355 e. The van der Waals surface area contributed by atoms with Crippen LogP contribution in [-0.2, 0) is 4.79 Å². The Morgan fingerprint density at radius 2 is 2.16 bits per heavy atom. The Morgan fingerprint density at radius 1 is 1.42 bits per heavy atom. The number of hydrogen-bond acceptors (Lipinski definition) is 3. The van der Waals surface area contributed by atoms with Crippen LogP contribution in [0.2, 0.25) is 5.02 Å². The summed E-state index contributed by atoms with van der Waals surface area (Å²) in [5.74, 6) is 0.0895. The third-order valence-corrected chi connectivity index (χ3v) is 3.39. The molecule has 5 nitrogen and oxygen atoms in total. The number of benzene rings is 1. The highest BCUT2D eigenvalue weighted by Gasteiger charge is 2.20. The molecular weight excluding hydrogens is 266 g/mol. The third kappa shape index (κ3) is 3.45. The standard InChI is InChI=1S/C13H16ClN3O2/c1-15-13(19)10-5-9(2-3-11(10)14)17-12(18)4-8-6-16-7-8/h2-3,5,8,16H,4,6-7H2,1H3,(H,15,19)(H,17,18). The molecule has 0 radical (unpaired) electrons. The van der Waals surface area contributed by atoms with Crippen LogP contribution < -0.4 is 16.0 Å². The molecule has 1 aliphatic heterocycles. The molecule has 0 aromatic heterocycles. The quantitative estimate of drug-likeness (QED) is 0.778. The molecule has 102 valence electrons. The van der Waals surface area contributed by atoms with E-state index in [-0.39, 0.29) is 11.8 Å². The zero-order valence-electron chi connectivity index (χ0n) is 10.6. The zero-order valence-corrected chi connectivity index (χ0v) is 11.4. The molecule has 3 N–H and O–H groups in total. The molecule has 0 spiro atoms. The van der Waals surface area contributed by atoms with Gasteiger partial charge in [0, 0.05) is 19.2 Å². The SMILES string of the molecule is CNC(=O)c1cc(NC(=O)CC2CNC2)ccc1Cl. The van der Waals surface area contributed by atoms with Gasteiger partial charge in [0.25, 0.3) is 5.91 Å². The first-order chi connectivity index (χ1) is 9.10. The first-order valence-electron chi connectivity index (χ1n) is 6.12. The van der Waals surface area contributed by atoms with Crippen LogP contribution >= 0.6 is 11.6 Å². The fourth-order valence-electron chi connectivity index (χ4n) is 1.88. The number of halogens is 1. The van der Waals surface area contributed by atoms with E-state index in [0.29, 0.717) is 28.6 Å². The van der Waals surface area contributed by atoms with E-state index in [9.17, 15) is 9.59 Å². The summed E-state index contributed by atoms with van der Waals surface area (Å²) in [6.07, 6.45) is 0.491. The molecule has 2 rings (SSSR count). The van der Waals surface area contributed by atoms with Gasteiger partial charge in [0.1, 0.15) is 0 Å². The van der Waals surface area contributed by atoms with Gasteiger partial charge in [-0.2, -0.15) is 0 Å². The normalized spacial score (nSPS) is 14.6. The van der Waals surface area contributed by atoms with Crippen LogP contribution in [0, 0.1) is 5.92 Å². The van der Waals surface area contributed by atoms with Crippen LogP contribution in [0.1, 0.15) is 16.8 Å². The van der Waals surface area contributed by atoms with Crippen molar-refractivity contribution in [3.8, 4) is 0 Å². The molecule has 0 bridgehead atoms. The van der Waals surface area contributed by atoms with E-state index in [4.69, 9.17) is 11.6 Å². The minimum absolute atomic E-state index is 0.0447. The van der Waals surface area contributed by atoms with Crippen molar-refractivity contribution in [3.63, 3.8) is 0 Å². The molecule has 19 heavy (non-hydrogen) atoms. The Hall–Kier alpha value is -1.59. The molecule has 1 saturated heterocycles. The topological polar surface area (TPSA) is 70.2 Å². The number of hydrogen-bond donors (Lipinski definition) is 3. The fourth-order valence-corrected chi connectivity index (χ4v) is 2.08. The van der Waals surface area contributed by atoms with Gasteiger partial charge in [-0.25, -0.2) is 0 Å². The molecule has 6 heteroatoms. The lowest BCUT2D eigenvalue weighted by Gasteiger charge is -2.26. The number of amides is 2. The van der Waals surface area contributed by atoms with Gasteiger partial charge in [0.05, 0.1) is 10.6 Å². The van der Waals surface area contributed by atoms with Gasteiger partial charge in [-0.15, -0.1) is 0 Å². The molecule has 1 aromatic rings. The maximum absolute atomic E-state index is 11.8. The lowest BCUT2D eigenvalue weighted by Crippen LogP contribution is -2.43. The lowest BCUT2D eigenvalue weighted by atomic mass is 9.99. The smallest absolute Gasteiger partial charge is 0.252 e. The van der Waals surface area contributed by atoms with Gasteiger partial charge >= 0.3 is 0 Å². The van der Waals surface area contributed by atoms with Crippen molar-refractivity contribution in [3.05, 3.63) is 28.8 Å². The summed E-state index contributed by atoms with van der Waals surface area (Å²) in [5, 5.41) is 8.77. The second kappa shape index (κ2) is 6.04. The number of rotatable bonds is 4. The Labute approximate surface area is 116 Å². The predicted molar refractivity (Wildman–Crippen MR) is 74.4 cm³/mol. The largest absolute Gasteiger partial charge is 0.355 e. The van der Waals surface area contributed by atoms with Gasteiger partial charge in [-0.1, -0.05) is 11.6 Å². The summed E-state index contributed by atoms with van der Waals surface area (Å²) >= 11 is 5.94. The second-order valence-electron chi connectivity index (χ2n) is 4.55.